The van der Waals surface area contributed by atoms with Gasteiger partial charge >= 0.3 is 0 Å². The van der Waals surface area contributed by atoms with E-state index in [9.17, 15) is 9.90 Å². The lowest BCUT2D eigenvalue weighted by atomic mass is 9.94. The summed E-state index contributed by atoms with van der Waals surface area (Å²) in [4.78, 5) is 11.3. The summed E-state index contributed by atoms with van der Waals surface area (Å²) in [5.74, 6) is -0.0386. The summed E-state index contributed by atoms with van der Waals surface area (Å²) in [7, 11) is 0. The van der Waals surface area contributed by atoms with Gasteiger partial charge in [0.15, 0.2) is 0 Å². The molecule has 1 amide bonds. The number of carbonyl (C=O) groups is 1. The molecule has 1 fully saturated rings. The fourth-order valence-corrected chi connectivity index (χ4v) is 1.38. The zero-order chi connectivity index (χ0) is 10.6. The second kappa shape index (κ2) is 4.75. The minimum atomic E-state index is -0.761. The van der Waals surface area contributed by atoms with Crippen molar-refractivity contribution in [1.29, 1.82) is 0 Å². The Hall–Kier alpha value is -0.610. The molecule has 0 atom stereocenters. The topological polar surface area (TPSA) is 58.6 Å². The Balaban J connectivity index is 2.32. The first-order chi connectivity index (χ1) is 6.53. The van der Waals surface area contributed by atoms with Crippen LogP contribution in [0.3, 0.4) is 0 Å². The molecular weight excluding hydrogens is 182 g/mol. The Morgan fingerprint density at radius 1 is 1.50 bits per heavy atom. The molecule has 0 saturated carbocycles. The second-order valence-electron chi connectivity index (χ2n) is 4.21. The lowest BCUT2D eigenvalue weighted by Gasteiger charge is -2.32. The SMILES string of the molecule is CC(C)C(=O)NCC1(O)CCOCC1. The highest BCUT2D eigenvalue weighted by Crippen LogP contribution is 2.19. The summed E-state index contributed by atoms with van der Waals surface area (Å²) < 4.78 is 5.15. The molecule has 4 nitrogen and oxygen atoms in total. The first-order valence-electron chi connectivity index (χ1n) is 5.11. The Kier molecular flexibility index (Phi) is 3.89. The van der Waals surface area contributed by atoms with Crippen molar-refractivity contribution >= 4 is 5.91 Å². The summed E-state index contributed by atoms with van der Waals surface area (Å²) >= 11 is 0. The molecule has 1 heterocycles. The first-order valence-corrected chi connectivity index (χ1v) is 5.11. The minimum Gasteiger partial charge on any atom is -0.388 e. The Morgan fingerprint density at radius 3 is 2.57 bits per heavy atom. The summed E-state index contributed by atoms with van der Waals surface area (Å²) in [6, 6.07) is 0. The predicted molar refractivity (Wildman–Crippen MR) is 52.9 cm³/mol. The average Bonchev–Trinajstić information content (AvgIpc) is 2.15. The Labute approximate surface area is 84.6 Å². The maximum absolute atomic E-state index is 11.3. The maximum Gasteiger partial charge on any atom is 0.222 e. The molecule has 1 aliphatic rings. The third-order valence-corrected chi connectivity index (χ3v) is 2.54. The molecule has 0 aliphatic carbocycles. The number of rotatable bonds is 3. The van der Waals surface area contributed by atoms with E-state index in [1.807, 2.05) is 13.8 Å². The number of amides is 1. The van der Waals surface area contributed by atoms with Crippen LogP contribution in [0.25, 0.3) is 0 Å². The van der Waals surface area contributed by atoms with Crippen LogP contribution in [0.2, 0.25) is 0 Å². The molecule has 0 bridgehead atoms. The molecule has 1 aliphatic heterocycles. The molecule has 4 heteroatoms. The highest BCUT2D eigenvalue weighted by atomic mass is 16.5. The van der Waals surface area contributed by atoms with E-state index in [0.717, 1.165) is 0 Å². The number of nitrogens with one attached hydrogen (secondary N) is 1. The molecule has 0 aromatic rings. The van der Waals surface area contributed by atoms with Crippen LogP contribution in [0.15, 0.2) is 0 Å². The van der Waals surface area contributed by atoms with Gasteiger partial charge < -0.3 is 15.2 Å². The van der Waals surface area contributed by atoms with Crippen LogP contribution in [0.5, 0.6) is 0 Å². The summed E-state index contributed by atoms with van der Waals surface area (Å²) in [6.45, 7) is 5.17. The molecule has 2 N–H and O–H groups in total. The molecule has 0 aromatic heterocycles. The Morgan fingerprint density at radius 2 is 2.07 bits per heavy atom. The lowest BCUT2D eigenvalue weighted by molar-refractivity contribution is -0.126. The number of hydrogen-bond donors (Lipinski definition) is 2. The monoisotopic (exact) mass is 201 g/mol. The smallest absolute Gasteiger partial charge is 0.222 e. The van der Waals surface area contributed by atoms with Gasteiger partial charge in [0.25, 0.3) is 0 Å². The van der Waals surface area contributed by atoms with Gasteiger partial charge in [-0.2, -0.15) is 0 Å². The third-order valence-electron chi connectivity index (χ3n) is 2.54. The van der Waals surface area contributed by atoms with Crippen molar-refractivity contribution in [3.8, 4) is 0 Å². The van der Waals surface area contributed by atoms with Crippen molar-refractivity contribution in [3.05, 3.63) is 0 Å². The van der Waals surface area contributed by atoms with E-state index in [2.05, 4.69) is 5.32 Å². The first kappa shape index (κ1) is 11.5. The van der Waals surface area contributed by atoms with Gasteiger partial charge in [-0.1, -0.05) is 13.8 Å². The minimum absolute atomic E-state index is 0.00934. The van der Waals surface area contributed by atoms with Crippen molar-refractivity contribution in [1.82, 2.24) is 5.32 Å². The standard InChI is InChI=1S/C10H19NO3/c1-8(2)9(12)11-7-10(13)3-5-14-6-4-10/h8,13H,3-7H2,1-2H3,(H,11,12). The van der Waals surface area contributed by atoms with Gasteiger partial charge in [0.05, 0.1) is 5.60 Å². The Bertz CT molecular complexity index is 198. The van der Waals surface area contributed by atoms with Crippen LogP contribution in [0.4, 0.5) is 0 Å². The average molecular weight is 201 g/mol. The zero-order valence-electron chi connectivity index (χ0n) is 8.88. The molecule has 1 saturated heterocycles. The zero-order valence-corrected chi connectivity index (χ0v) is 8.88. The van der Waals surface area contributed by atoms with E-state index < -0.39 is 5.60 Å². The van der Waals surface area contributed by atoms with E-state index in [-0.39, 0.29) is 11.8 Å². The van der Waals surface area contributed by atoms with Crippen molar-refractivity contribution in [2.24, 2.45) is 5.92 Å². The van der Waals surface area contributed by atoms with Crippen LogP contribution < -0.4 is 5.32 Å². The molecular formula is C10H19NO3. The van der Waals surface area contributed by atoms with Crippen molar-refractivity contribution in [2.45, 2.75) is 32.3 Å². The van der Waals surface area contributed by atoms with E-state index in [0.29, 0.717) is 32.6 Å². The molecule has 0 spiro atoms. The number of hydrogen-bond acceptors (Lipinski definition) is 3. The largest absolute Gasteiger partial charge is 0.388 e. The van der Waals surface area contributed by atoms with Gasteiger partial charge in [-0.3, -0.25) is 4.79 Å². The molecule has 14 heavy (non-hydrogen) atoms. The lowest BCUT2D eigenvalue weighted by Crippen LogP contribution is -2.47. The van der Waals surface area contributed by atoms with Crippen molar-refractivity contribution < 1.29 is 14.6 Å². The third kappa shape index (κ3) is 3.27. The molecule has 0 radical (unpaired) electrons. The second-order valence-corrected chi connectivity index (χ2v) is 4.21. The highest BCUT2D eigenvalue weighted by molar-refractivity contribution is 5.77. The quantitative estimate of drug-likeness (QED) is 0.690. The fraction of sp³-hybridized carbons (Fsp3) is 0.900. The van der Waals surface area contributed by atoms with Gasteiger partial charge in [0.2, 0.25) is 5.91 Å². The number of aliphatic hydroxyl groups is 1. The van der Waals surface area contributed by atoms with Crippen LogP contribution in [0, 0.1) is 5.92 Å². The van der Waals surface area contributed by atoms with Crippen molar-refractivity contribution in [2.75, 3.05) is 19.8 Å². The number of ether oxygens (including phenoxy) is 1. The van der Waals surface area contributed by atoms with Crippen LogP contribution in [0.1, 0.15) is 26.7 Å². The molecule has 0 aromatic carbocycles. The maximum atomic E-state index is 11.3. The van der Waals surface area contributed by atoms with E-state index in [1.54, 1.807) is 0 Å². The van der Waals surface area contributed by atoms with Gasteiger partial charge in [0.1, 0.15) is 0 Å². The van der Waals surface area contributed by atoms with Gasteiger partial charge in [-0.25, -0.2) is 0 Å². The number of carbonyl (C=O) groups excluding carboxylic acids is 1. The van der Waals surface area contributed by atoms with Crippen LogP contribution >= 0.6 is 0 Å². The van der Waals surface area contributed by atoms with Gasteiger partial charge in [0, 0.05) is 38.5 Å². The summed E-state index contributed by atoms with van der Waals surface area (Å²) in [5, 5.41) is 12.8. The highest BCUT2D eigenvalue weighted by Gasteiger charge is 2.30. The molecule has 82 valence electrons. The normalized spacial score (nSPS) is 20.9. The van der Waals surface area contributed by atoms with Gasteiger partial charge in [-0.15, -0.1) is 0 Å². The molecule has 1 rings (SSSR count). The fourth-order valence-electron chi connectivity index (χ4n) is 1.38. The van der Waals surface area contributed by atoms with Crippen LogP contribution in [-0.4, -0.2) is 36.4 Å². The van der Waals surface area contributed by atoms with E-state index >= 15 is 0 Å². The van der Waals surface area contributed by atoms with E-state index in [4.69, 9.17) is 4.74 Å². The van der Waals surface area contributed by atoms with Crippen molar-refractivity contribution in [3.63, 3.8) is 0 Å². The summed E-state index contributed by atoms with van der Waals surface area (Å²) in [5.41, 5.74) is -0.761. The predicted octanol–water partition coefficient (Wildman–Crippen LogP) is 0.300. The van der Waals surface area contributed by atoms with Crippen LogP contribution in [-0.2, 0) is 9.53 Å². The van der Waals surface area contributed by atoms with Gasteiger partial charge in [-0.05, 0) is 0 Å². The van der Waals surface area contributed by atoms with E-state index in [1.165, 1.54) is 0 Å². The summed E-state index contributed by atoms with van der Waals surface area (Å²) in [6.07, 6.45) is 1.21. The molecule has 0 unspecified atom stereocenters.